The normalized spacial score (nSPS) is 25.5. The topological polar surface area (TPSA) is 74.7 Å². The van der Waals surface area contributed by atoms with Gasteiger partial charge in [-0.25, -0.2) is 14.2 Å². The number of benzene rings is 1. The number of likely N-dealkylation sites (N-methyl/N-ethyl adjacent to an activating group) is 1. The maximum Gasteiger partial charge on any atom is 0.325 e. The molecule has 1 aromatic rings. The minimum absolute atomic E-state index is 0.166. The highest BCUT2D eigenvalue weighted by Gasteiger charge is 2.52. The van der Waals surface area contributed by atoms with Crippen LogP contribution in [0.15, 0.2) is 40.7 Å². The molecule has 0 aromatic heterocycles. The van der Waals surface area contributed by atoms with Crippen LogP contribution in [0.4, 0.5) is 14.9 Å². The molecule has 0 radical (unpaired) electrons. The molecule has 2 fully saturated rings. The molecule has 4 heterocycles. The molecule has 1 aromatic carbocycles. The zero-order chi connectivity index (χ0) is 23.3. The van der Waals surface area contributed by atoms with Crippen molar-refractivity contribution in [2.24, 2.45) is 4.99 Å². The Kier molecular flexibility index (Phi) is 5.48. The molecular formula is C23H30FN7O2. The van der Waals surface area contributed by atoms with Gasteiger partial charge in [-0.3, -0.25) is 19.9 Å². The second-order valence-corrected chi connectivity index (χ2v) is 9.02. The van der Waals surface area contributed by atoms with Gasteiger partial charge in [-0.05, 0) is 38.9 Å². The summed E-state index contributed by atoms with van der Waals surface area (Å²) in [4.78, 5) is 39.5. The zero-order valence-corrected chi connectivity index (χ0v) is 19.3. The van der Waals surface area contributed by atoms with Crippen molar-refractivity contribution in [3.8, 4) is 0 Å². The lowest BCUT2D eigenvalue weighted by atomic mass is 10.1. The van der Waals surface area contributed by atoms with Crippen LogP contribution in [-0.2, 0) is 4.79 Å². The lowest BCUT2D eigenvalue weighted by Gasteiger charge is -2.36. The number of carbonyl (C=O) groups is 2. The van der Waals surface area contributed by atoms with Gasteiger partial charge in [-0.2, -0.15) is 0 Å². The number of hydrogen-bond donors (Lipinski definition) is 1. The molecular weight excluding hydrogens is 425 g/mol. The van der Waals surface area contributed by atoms with E-state index < -0.39 is 18.2 Å². The summed E-state index contributed by atoms with van der Waals surface area (Å²) in [5.74, 6) is 0.283. The van der Waals surface area contributed by atoms with Gasteiger partial charge in [0.1, 0.15) is 5.82 Å². The van der Waals surface area contributed by atoms with Gasteiger partial charge in [-0.1, -0.05) is 12.1 Å². The van der Waals surface area contributed by atoms with E-state index in [0.29, 0.717) is 5.69 Å². The van der Waals surface area contributed by atoms with E-state index in [0.717, 1.165) is 63.0 Å². The fourth-order valence-electron chi connectivity index (χ4n) is 5.17. The first-order valence-electron chi connectivity index (χ1n) is 11.5. The van der Waals surface area contributed by atoms with E-state index in [1.807, 2.05) is 30.9 Å². The third-order valence-electron chi connectivity index (χ3n) is 7.19. The number of guanidine groups is 1. The van der Waals surface area contributed by atoms with E-state index in [9.17, 15) is 14.0 Å². The van der Waals surface area contributed by atoms with Gasteiger partial charge in [0.2, 0.25) is 5.96 Å². The number of piperazine rings is 1. The lowest BCUT2D eigenvalue weighted by Crippen LogP contribution is -2.63. The van der Waals surface area contributed by atoms with Gasteiger partial charge in [0.15, 0.2) is 12.2 Å². The number of hydrogen-bond acceptors (Lipinski definition) is 7. The van der Waals surface area contributed by atoms with Crippen LogP contribution in [0.3, 0.4) is 0 Å². The second-order valence-electron chi connectivity index (χ2n) is 9.02. The van der Waals surface area contributed by atoms with E-state index in [-0.39, 0.29) is 11.7 Å². The summed E-state index contributed by atoms with van der Waals surface area (Å²) in [7, 11) is 1.67. The van der Waals surface area contributed by atoms with Crippen molar-refractivity contribution in [2.75, 3.05) is 51.2 Å². The van der Waals surface area contributed by atoms with Crippen molar-refractivity contribution >= 4 is 23.6 Å². The quantitative estimate of drug-likeness (QED) is 0.725. The second kappa shape index (κ2) is 8.33. The summed E-state index contributed by atoms with van der Waals surface area (Å²) in [5.41, 5.74) is 2.76. The Morgan fingerprint density at radius 3 is 2.52 bits per heavy atom. The summed E-state index contributed by atoms with van der Waals surface area (Å²) in [6, 6.07) is 6.02. The van der Waals surface area contributed by atoms with Crippen LogP contribution in [0.1, 0.15) is 20.3 Å². The van der Waals surface area contributed by atoms with Crippen molar-refractivity contribution < 1.29 is 14.0 Å². The average Bonchev–Trinajstić information content (AvgIpc) is 3.30. The molecule has 0 saturated carbocycles. The highest BCUT2D eigenvalue weighted by molar-refractivity contribution is 6.05. The Bertz CT molecular complexity index is 1030. The molecule has 3 amide bonds. The number of allylic oxidation sites excluding steroid dienone is 2. The summed E-state index contributed by atoms with van der Waals surface area (Å²) in [6.07, 6.45) is 0.436. The fourth-order valence-corrected chi connectivity index (χ4v) is 5.17. The number of amides is 3. The zero-order valence-electron chi connectivity index (χ0n) is 19.3. The number of para-hydroxylation sites is 1. The monoisotopic (exact) mass is 455 g/mol. The summed E-state index contributed by atoms with van der Waals surface area (Å²) in [5, 5.41) is 2.43. The third-order valence-corrected chi connectivity index (χ3v) is 7.19. The lowest BCUT2D eigenvalue weighted by molar-refractivity contribution is -0.126. The Labute approximate surface area is 193 Å². The Morgan fingerprint density at radius 2 is 1.79 bits per heavy atom. The SMILES string of the molecule is CC1=C(C)N2C(=NC3C2C(=O)NC(=O)N3C)N1CCCN1CCN(c2ccccc2F)CC1. The molecule has 0 spiro atoms. The molecule has 2 atom stereocenters. The van der Waals surface area contributed by atoms with E-state index in [1.54, 1.807) is 13.1 Å². The highest BCUT2D eigenvalue weighted by atomic mass is 19.1. The van der Waals surface area contributed by atoms with E-state index in [2.05, 4.69) is 20.0 Å². The van der Waals surface area contributed by atoms with Crippen LogP contribution < -0.4 is 10.2 Å². The highest BCUT2D eigenvalue weighted by Crippen LogP contribution is 2.36. The predicted octanol–water partition coefficient (Wildman–Crippen LogP) is 1.45. The Morgan fingerprint density at radius 1 is 1.06 bits per heavy atom. The number of halogens is 1. The minimum Gasteiger partial charge on any atom is -0.367 e. The molecule has 0 aliphatic carbocycles. The minimum atomic E-state index is -0.519. The molecule has 4 aliphatic rings. The molecule has 33 heavy (non-hydrogen) atoms. The first-order valence-corrected chi connectivity index (χ1v) is 11.5. The number of anilines is 1. The van der Waals surface area contributed by atoms with E-state index in [1.165, 1.54) is 11.0 Å². The largest absolute Gasteiger partial charge is 0.367 e. The van der Waals surface area contributed by atoms with Crippen molar-refractivity contribution in [2.45, 2.75) is 32.5 Å². The van der Waals surface area contributed by atoms with Gasteiger partial charge in [0.05, 0.1) is 5.69 Å². The first-order chi connectivity index (χ1) is 15.9. The fraction of sp³-hybridized carbons (Fsp3) is 0.522. The van der Waals surface area contributed by atoms with Crippen LogP contribution >= 0.6 is 0 Å². The number of nitrogens with zero attached hydrogens (tertiary/aromatic N) is 6. The standard InChI is InChI=1S/C23H30FN7O2/c1-15-16(2)31-19-20(27(3)23(33)26-21(19)32)25-22(31)30(15)10-6-9-28-11-13-29(14-12-28)18-8-5-4-7-17(18)24/h4-5,7-8,19-20H,6,9-14H2,1-3H3,(H,26,32,33). The van der Waals surface area contributed by atoms with Gasteiger partial charge >= 0.3 is 6.03 Å². The Balaban J connectivity index is 1.18. The number of rotatable bonds is 5. The molecule has 9 nitrogen and oxygen atoms in total. The molecule has 1 N–H and O–H groups in total. The summed E-state index contributed by atoms with van der Waals surface area (Å²) in [6.45, 7) is 9.17. The predicted molar refractivity (Wildman–Crippen MR) is 123 cm³/mol. The van der Waals surface area contributed by atoms with Crippen LogP contribution in [0.5, 0.6) is 0 Å². The van der Waals surface area contributed by atoms with Crippen molar-refractivity contribution in [3.05, 3.63) is 41.5 Å². The Hall–Kier alpha value is -3.14. The van der Waals surface area contributed by atoms with Crippen LogP contribution in [0.2, 0.25) is 0 Å². The van der Waals surface area contributed by atoms with Crippen molar-refractivity contribution in [3.63, 3.8) is 0 Å². The van der Waals surface area contributed by atoms with Gasteiger partial charge in [0.25, 0.3) is 5.91 Å². The van der Waals surface area contributed by atoms with Gasteiger partial charge in [-0.15, -0.1) is 0 Å². The van der Waals surface area contributed by atoms with Crippen LogP contribution in [-0.4, -0.2) is 96.0 Å². The number of aliphatic imine (C=N–C) groups is 1. The van der Waals surface area contributed by atoms with Gasteiger partial charge < -0.3 is 14.7 Å². The molecule has 176 valence electrons. The van der Waals surface area contributed by atoms with E-state index in [4.69, 9.17) is 4.99 Å². The maximum atomic E-state index is 14.1. The molecule has 10 heteroatoms. The van der Waals surface area contributed by atoms with Crippen molar-refractivity contribution in [1.82, 2.24) is 24.9 Å². The number of nitrogens with one attached hydrogen (secondary N) is 1. The number of fused-ring (bicyclic) bond motifs is 3. The summed E-state index contributed by atoms with van der Waals surface area (Å²) < 4.78 is 14.1. The molecule has 5 rings (SSSR count). The summed E-state index contributed by atoms with van der Waals surface area (Å²) >= 11 is 0. The number of carbonyl (C=O) groups excluding carboxylic acids is 2. The van der Waals surface area contributed by atoms with Gasteiger partial charge in [0, 0.05) is 51.2 Å². The smallest absolute Gasteiger partial charge is 0.325 e. The molecule has 2 saturated heterocycles. The molecule has 4 aliphatic heterocycles. The van der Waals surface area contributed by atoms with Crippen LogP contribution in [0, 0.1) is 5.82 Å². The molecule has 0 bridgehead atoms. The molecule has 2 unspecified atom stereocenters. The number of urea groups is 1. The van der Waals surface area contributed by atoms with E-state index >= 15 is 0 Å². The maximum absolute atomic E-state index is 14.1. The first kappa shape index (κ1) is 21.7. The van der Waals surface area contributed by atoms with Crippen molar-refractivity contribution in [1.29, 1.82) is 0 Å². The van der Waals surface area contributed by atoms with Crippen LogP contribution in [0.25, 0.3) is 0 Å². The third kappa shape index (κ3) is 3.62. The number of imide groups is 1. The average molecular weight is 456 g/mol.